The zero-order chi connectivity index (χ0) is 12.8. The van der Waals surface area contributed by atoms with E-state index in [4.69, 9.17) is 4.74 Å². The Hall–Kier alpha value is 0.390. The maximum absolute atomic E-state index is 5.58. The zero-order valence-corrected chi connectivity index (χ0v) is 13.3. The molecule has 0 saturated heterocycles. The summed E-state index contributed by atoms with van der Waals surface area (Å²) in [7, 11) is 2.91. The van der Waals surface area contributed by atoms with Crippen molar-refractivity contribution in [2.24, 2.45) is 0 Å². The largest absolute Gasteiger partial charge is 0.377 e. The van der Waals surface area contributed by atoms with Gasteiger partial charge in [0.15, 0.2) is 0 Å². The van der Waals surface area contributed by atoms with Crippen LogP contribution in [0.15, 0.2) is 0 Å². The van der Waals surface area contributed by atoms with E-state index in [1.807, 2.05) is 7.11 Å². The van der Waals surface area contributed by atoms with Crippen molar-refractivity contribution < 1.29 is 4.74 Å². The normalized spacial score (nSPS) is 13.6. The number of unbranched alkanes of at least 4 members (excludes halogenated alkanes) is 7. The Balaban J connectivity index is 3.30. The Labute approximate surface area is 111 Å². The van der Waals surface area contributed by atoms with Gasteiger partial charge in [-0.2, -0.15) is 0 Å². The third-order valence-corrected chi connectivity index (χ3v) is 4.88. The highest BCUT2D eigenvalue weighted by Gasteiger charge is 2.06. The number of rotatable bonds is 13. The van der Waals surface area contributed by atoms with Gasteiger partial charge in [-0.15, -0.1) is 0 Å². The summed E-state index contributed by atoms with van der Waals surface area (Å²) in [5.74, 6) is 0.554. The van der Waals surface area contributed by atoms with E-state index < -0.39 is 0 Å². The lowest BCUT2D eigenvalue weighted by atomic mass is 10.1. The molecule has 0 aliphatic carbocycles. The monoisotopic (exact) mass is 260 g/mol. The highest BCUT2D eigenvalue weighted by molar-refractivity contribution is 7.38. The van der Waals surface area contributed by atoms with Gasteiger partial charge in [0.1, 0.15) is 0 Å². The van der Waals surface area contributed by atoms with E-state index in [1.165, 1.54) is 70.4 Å². The fourth-order valence-corrected chi connectivity index (χ4v) is 3.40. The molecule has 0 aliphatic rings. The Morgan fingerprint density at radius 3 is 2.00 bits per heavy atom. The van der Waals surface area contributed by atoms with Crippen molar-refractivity contribution in [1.82, 2.24) is 0 Å². The van der Waals surface area contributed by atoms with Gasteiger partial charge < -0.3 is 4.74 Å². The minimum atomic E-state index is 0.554. The molecule has 0 saturated carbocycles. The van der Waals surface area contributed by atoms with Crippen LogP contribution in [-0.4, -0.2) is 19.1 Å². The summed E-state index contributed by atoms with van der Waals surface area (Å²) >= 11 is 0. The SMILES string of the molecule is CCCCCCCC(OC)PCCCCCC. The quantitative estimate of drug-likeness (QED) is 0.310. The van der Waals surface area contributed by atoms with Gasteiger partial charge in [-0.25, -0.2) is 0 Å². The average molecular weight is 260 g/mol. The summed E-state index contributed by atoms with van der Waals surface area (Å²) in [5, 5.41) is 0. The number of hydrogen-bond donors (Lipinski definition) is 0. The van der Waals surface area contributed by atoms with Gasteiger partial charge in [0.2, 0.25) is 0 Å². The molecule has 0 fully saturated rings. The van der Waals surface area contributed by atoms with Crippen molar-refractivity contribution in [2.75, 3.05) is 13.3 Å². The number of methoxy groups -OCH3 is 1. The van der Waals surface area contributed by atoms with Crippen LogP contribution in [0.2, 0.25) is 0 Å². The van der Waals surface area contributed by atoms with Crippen molar-refractivity contribution in [1.29, 1.82) is 0 Å². The summed E-state index contributed by atoms with van der Waals surface area (Å²) < 4.78 is 5.58. The van der Waals surface area contributed by atoms with Crippen LogP contribution in [0, 0.1) is 0 Å². The first-order valence-corrected chi connectivity index (χ1v) is 8.89. The van der Waals surface area contributed by atoms with Crippen molar-refractivity contribution >= 4 is 8.58 Å². The fraction of sp³-hybridized carbons (Fsp3) is 1.00. The van der Waals surface area contributed by atoms with E-state index in [0.717, 1.165) is 8.58 Å². The van der Waals surface area contributed by atoms with E-state index >= 15 is 0 Å². The molecule has 0 radical (unpaired) electrons. The van der Waals surface area contributed by atoms with E-state index in [-0.39, 0.29) is 0 Å². The highest BCUT2D eigenvalue weighted by atomic mass is 31.1. The second kappa shape index (κ2) is 14.5. The fourth-order valence-electron chi connectivity index (χ4n) is 2.05. The summed E-state index contributed by atoms with van der Waals surface area (Å²) in [6, 6.07) is 0. The van der Waals surface area contributed by atoms with Crippen molar-refractivity contribution in [2.45, 2.75) is 83.9 Å². The molecule has 0 bridgehead atoms. The minimum absolute atomic E-state index is 0.554. The van der Waals surface area contributed by atoms with Crippen LogP contribution >= 0.6 is 8.58 Å². The van der Waals surface area contributed by atoms with Gasteiger partial charge in [0, 0.05) is 7.11 Å². The molecule has 0 N–H and O–H groups in total. The topological polar surface area (TPSA) is 9.23 Å². The molecule has 2 heteroatoms. The minimum Gasteiger partial charge on any atom is -0.377 e. The van der Waals surface area contributed by atoms with Gasteiger partial charge in [-0.3, -0.25) is 0 Å². The molecule has 2 atom stereocenters. The van der Waals surface area contributed by atoms with Gasteiger partial charge in [0.05, 0.1) is 5.85 Å². The summed E-state index contributed by atoms with van der Waals surface area (Å²) in [5.41, 5.74) is 0. The maximum atomic E-state index is 5.58. The lowest BCUT2D eigenvalue weighted by molar-refractivity contribution is 0.160. The first-order valence-electron chi connectivity index (χ1n) is 7.61. The van der Waals surface area contributed by atoms with Crippen LogP contribution < -0.4 is 0 Å². The lowest BCUT2D eigenvalue weighted by Crippen LogP contribution is -2.04. The molecule has 0 aromatic carbocycles. The van der Waals surface area contributed by atoms with Crippen LogP contribution in [0.5, 0.6) is 0 Å². The van der Waals surface area contributed by atoms with Gasteiger partial charge in [-0.05, 0) is 19.0 Å². The lowest BCUT2D eigenvalue weighted by Gasteiger charge is -2.15. The third kappa shape index (κ3) is 12.6. The van der Waals surface area contributed by atoms with Crippen LogP contribution in [0.1, 0.15) is 78.1 Å². The van der Waals surface area contributed by atoms with Crippen molar-refractivity contribution in [3.8, 4) is 0 Å². The molecule has 0 aliphatic heterocycles. The summed E-state index contributed by atoms with van der Waals surface area (Å²) in [6.07, 6.45) is 15.1. The van der Waals surface area contributed by atoms with Crippen molar-refractivity contribution in [3.63, 3.8) is 0 Å². The Morgan fingerprint density at radius 2 is 1.41 bits per heavy atom. The summed E-state index contributed by atoms with van der Waals surface area (Å²) in [4.78, 5) is 0. The van der Waals surface area contributed by atoms with Crippen LogP contribution in [0.25, 0.3) is 0 Å². The molecule has 0 heterocycles. The standard InChI is InChI=1S/C15H33OP/c1-4-6-8-10-11-13-15(16-3)17-14-12-9-7-5-2/h15,17H,4-14H2,1-3H3. The third-order valence-electron chi connectivity index (χ3n) is 3.26. The molecule has 0 aromatic rings. The average Bonchev–Trinajstić information content (AvgIpc) is 2.36. The van der Waals surface area contributed by atoms with Gasteiger partial charge in [-0.1, -0.05) is 73.8 Å². The predicted octanol–water partition coefficient (Wildman–Crippen LogP) is 5.58. The van der Waals surface area contributed by atoms with E-state index in [0.29, 0.717) is 5.85 Å². The number of hydrogen-bond acceptors (Lipinski definition) is 1. The smallest absolute Gasteiger partial charge is 0.0733 e. The molecule has 2 unspecified atom stereocenters. The zero-order valence-electron chi connectivity index (χ0n) is 12.3. The van der Waals surface area contributed by atoms with Gasteiger partial charge >= 0.3 is 0 Å². The predicted molar refractivity (Wildman–Crippen MR) is 81.5 cm³/mol. The molecule has 0 rings (SSSR count). The Kier molecular flexibility index (Phi) is 14.8. The second-order valence-electron chi connectivity index (χ2n) is 4.94. The van der Waals surface area contributed by atoms with E-state index in [2.05, 4.69) is 13.8 Å². The van der Waals surface area contributed by atoms with Crippen LogP contribution in [-0.2, 0) is 4.74 Å². The molecule has 1 nitrogen and oxygen atoms in total. The molecule has 0 aromatic heterocycles. The maximum Gasteiger partial charge on any atom is 0.0733 e. The molecular formula is C15H33OP. The van der Waals surface area contributed by atoms with E-state index in [9.17, 15) is 0 Å². The Morgan fingerprint density at radius 1 is 0.824 bits per heavy atom. The molecule has 104 valence electrons. The summed E-state index contributed by atoms with van der Waals surface area (Å²) in [6.45, 7) is 4.55. The first kappa shape index (κ1) is 17.4. The van der Waals surface area contributed by atoms with Crippen molar-refractivity contribution in [3.05, 3.63) is 0 Å². The second-order valence-corrected chi connectivity index (χ2v) is 6.49. The first-order chi connectivity index (χ1) is 8.35. The number of ether oxygens (including phenoxy) is 1. The highest BCUT2D eigenvalue weighted by Crippen LogP contribution is 2.26. The van der Waals surface area contributed by atoms with E-state index in [1.54, 1.807) is 0 Å². The van der Waals surface area contributed by atoms with Crippen LogP contribution in [0.4, 0.5) is 0 Å². The molecular weight excluding hydrogens is 227 g/mol. The molecule has 0 amide bonds. The molecule has 0 spiro atoms. The van der Waals surface area contributed by atoms with Gasteiger partial charge in [0.25, 0.3) is 0 Å². The molecule has 17 heavy (non-hydrogen) atoms. The Bertz CT molecular complexity index is 125. The van der Waals surface area contributed by atoms with Crippen LogP contribution in [0.3, 0.4) is 0 Å².